The molecule has 12 nitrogen and oxygen atoms in total. The van der Waals surface area contributed by atoms with E-state index in [1.54, 1.807) is 11.0 Å². The fourth-order valence-corrected chi connectivity index (χ4v) is 9.26. The van der Waals surface area contributed by atoms with Gasteiger partial charge in [-0.3, -0.25) is 4.90 Å². The van der Waals surface area contributed by atoms with Crippen LogP contribution in [-0.4, -0.2) is 108 Å². The van der Waals surface area contributed by atoms with Crippen LogP contribution in [0.25, 0.3) is 10.8 Å². The van der Waals surface area contributed by atoms with Gasteiger partial charge in [-0.15, -0.1) is 18.2 Å². The third-order valence-corrected chi connectivity index (χ3v) is 11.8. The van der Waals surface area contributed by atoms with Crippen LogP contribution in [0.15, 0.2) is 90.1 Å². The number of hydrogen-bond donors (Lipinski definition) is 3. The summed E-state index contributed by atoms with van der Waals surface area (Å²) in [5, 5.41) is 36.4. The summed E-state index contributed by atoms with van der Waals surface area (Å²) in [7, 11) is 0. The number of aliphatic hydroxyl groups excluding tert-OH is 3. The molecule has 3 aromatic rings. The first kappa shape index (κ1) is 46.3. The number of carbonyl (C=O) groups excluding carboxylic acids is 1. The second-order valence-corrected chi connectivity index (χ2v) is 17.3. The molecule has 13 heteroatoms. The standard InChI is InChI=1S/C48H63ClN2O10/c1-5-25-58-48-43(51(21-27-56-28-24-54)46(55)57-26-20-49)32-41(50-61-47(2,3)4)39-30-35(14-8-10-22-52)38(15-9-11-23-53)44(45(39)48)40-31-37(18-19-42(40)60-48)59-36-17-16-33-12-6-7-13-34(33)29-36/h5-7,12-13,16-19,29-31,35,38,43-45,52-54H,1,8-11,14-15,20-28,32H2,2-4H3. The number of hydrogen-bond acceptors (Lipinski definition) is 11. The number of fused-ring (bicyclic) bond motifs is 3. The lowest BCUT2D eigenvalue weighted by Crippen LogP contribution is -2.70. The number of ether oxygens (including phenoxy) is 5. The molecule has 6 rings (SSSR count). The molecule has 0 radical (unpaired) electrons. The lowest BCUT2D eigenvalue weighted by atomic mass is 9.55. The molecular weight excluding hydrogens is 800 g/mol. The average molecular weight is 863 g/mol. The van der Waals surface area contributed by atoms with E-state index in [1.165, 1.54) is 0 Å². The maximum absolute atomic E-state index is 14.3. The molecule has 1 fully saturated rings. The molecule has 3 aliphatic rings. The minimum atomic E-state index is -1.48. The van der Waals surface area contributed by atoms with Gasteiger partial charge in [0.1, 0.15) is 35.5 Å². The first-order chi connectivity index (χ1) is 29.6. The highest BCUT2D eigenvalue weighted by Crippen LogP contribution is 2.62. The lowest BCUT2D eigenvalue weighted by molar-refractivity contribution is -0.256. The Morgan fingerprint density at radius 3 is 2.41 bits per heavy atom. The third kappa shape index (κ3) is 11.1. The van der Waals surface area contributed by atoms with Gasteiger partial charge in [0.05, 0.1) is 43.9 Å². The molecule has 3 N–H and O–H groups in total. The highest BCUT2D eigenvalue weighted by molar-refractivity contribution is 6.18. The Morgan fingerprint density at radius 2 is 1.69 bits per heavy atom. The third-order valence-electron chi connectivity index (χ3n) is 11.7. The molecule has 2 aliphatic carbocycles. The maximum atomic E-state index is 14.3. The summed E-state index contributed by atoms with van der Waals surface area (Å²) in [6.07, 6.45) is 8.06. The summed E-state index contributed by atoms with van der Waals surface area (Å²) in [6, 6.07) is 19.3. The molecule has 61 heavy (non-hydrogen) atoms. The van der Waals surface area contributed by atoms with Crippen molar-refractivity contribution < 1.29 is 48.6 Å². The second-order valence-electron chi connectivity index (χ2n) is 16.9. The fourth-order valence-electron chi connectivity index (χ4n) is 9.18. The van der Waals surface area contributed by atoms with Crippen molar-refractivity contribution in [1.29, 1.82) is 0 Å². The number of halogens is 1. The highest BCUT2D eigenvalue weighted by atomic mass is 35.5. The Hall–Kier alpha value is -4.17. The van der Waals surface area contributed by atoms with E-state index in [0.29, 0.717) is 35.8 Å². The zero-order chi connectivity index (χ0) is 43.4. The van der Waals surface area contributed by atoms with Crippen LogP contribution in [0.2, 0.25) is 0 Å². The summed E-state index contributed by atoms with van der Waals surface area (Å²) >= 11 is 6.04. The Morgan fingerprint density at radius 1 is 0.951 bits per heavy atom. The van der Waals surface area contributed by atoms with Crippen molar-refractivity contribution in [3.8, 4) is 17.2 Å². The summed E-state index contributed by atoms with van der Waals surface area (Å²) in [4.78, 5) is 22.1. The van der Waals surface area contributed by atoms with Crippen molar-refractivity contribution in [1.82, 2.24) is 4.90 Å². The Bertz CT molecular complexity index is 1980. The number of amides is 1. The molecule has 1 heterocycles. The van der Waals surface area contributed by atoms with Gasteiger partial charge in [0.2, 0.25) is 5.79 Å². The number of oxime groups is 1. The predicted molar refractivity (Wildman–Crippen MR) is 236 cm³/mol. The number of aliphatic hydroxyl groups is 3. The number of benzene rings is 3. The van der Waals surface area contributed by atoms with E-state index in [1.807, 2.05) is 63.2 Å². The van der Waals surface area contributed by atoms with Crippen molar-refractivity contribution in [2.75, 3.05) is 58.7 Å². The summed E-state index contributed by atoms with van der Waals surface area (Å²) < 4.78 is 32.4. The molecule has 6 unspecified atom stereocenters. The van der Waals surface area contributed by atoms with Gasteiger partial charge in [-0.2, -0.15) is 0 Å². The van der Waals surface area contributed by atoms with Crippen LogP contribution in [0, 0.1) is 17.8 Å². The smallest absolute Gasteiger partial charge is 0.410 e. The summed E-state index contributed by atoms with van der Waals surface area (Å²) in [5.41, 5.74) is 1.89. The first-order valence-electron chi connectivity index (χ1n) is 21.7. The van der Waals surface area contributed by atoms with Crippen LogP contribution in [0.4, 0.5) is 4.79 Å². The summed E-state index contributed by atoms with van der Waals surface area (Å²) in [6.45, 7) is 10.2. The number of unbranched alkanes of at least 4 members (excludes halogenated alkanes) is 2. The van der Waals surface area contributed by atoms with Crippen molar-refractivity contribution in [3.63, 3.8) is 0 Å². The Balaban J connectivity index is 1.58. The van der Waals surface area contributed by atoms with Crippen molar-refractivity contribution in [3.05, 3.63) is 90.5 Å². The summed E-state index contributed by atoms with van der Waals surface area (Å²) in [5.74, 6) is -0.128. The molecule has 0 spiro atoms. The van der Waals surface area contributed by atoms with E-state index in [9.17, 15) is 20.1 Å². The SMILES string of the molecule is C=CCOC12Oc3ccc(Oc4ccc5ccccc5c4)cc3C3C(CCCCO)C(CCCCO)C=C(C(=NOC(C)(C)C)CC1N(CCOCCO)C(=O)OCCCl)C32. The van der Waals surface area contributed by atoms with E-state index in [0.717, 1.165) is 47.6 Å². The lowest BCUT2D eigenvalue weighted by Gasteiger charge is -2.59. The molecular formula is C48H63ClN2O10. The number of rotatable bonds is 22. The number of alkyl halides is 1. The van der Waals surface area contributed by atoms with E-state index in [4.69, 9.17) is 45.3 Å². The molecule has 6 atom stereocenters. The van der Waals surface area contributed by atoms with E-state index in [-0.39, 0.29) is 82.8 Å². The van der Waals surface area contributed by atoms with E-state index < -0.39 is 29.4 Å². The minimum absolute atomic E-state index is 0.0148. The Labute approximate surface area is 365 Å². The molecule has 1 amide bonds. The highest BCUT2D eigenvalue weighted by Gasteiger charge is 2.65. The molecule has 332 valence electrons. The van der Waals surface area contributed by atoms with Gasteiger partial charge in [-0.25, -0.2) is 4.79 Å². The quantitative estimate of drug-likeness (QED) is 0.0388. The topological polar surface area (TPSA) is 149 Å². The van der Waals surface area contributed by atoms with Gasteiger partial charge in [0, 0.05) is 37.7 Å². The van der Waals surface area contributed by atoms with Gasteiger partial charge in [0.15, 0.2) is 0 Å². The monoisotopic (exact) mass is 862 g/mol. The largest absolute Gasteiger partial charge is 0.459 e. The number of carbonyl (C=O) groups is 1. The van der Waals surface area contributed by atoms with E-state index >= 15 is 0 Å². The van der Waals surface area contributed by atoms with Gasteiger partial charge >= 0.3 is 6.09 Å². The first-order valence-corrected chi connectivity index (χ1v) is 22.2. The number of allylic oxidation sites excluding steroid dienone is 1. The number of nitrogens with zero attached hydrogens (tertiary/aromatic N) is 2. The van der Waals surface area contributed by atoms with Crippen LogP contribution in [-0.2, 0) is 19.0 Å². The van der Waals surface area contributed by atoms with Gasteiger partial charge < -0.3 is 43.8 Å². The maximum Gasteiger partial charge on any atom is 0.410 e. The van der Waals surface area contributed by atoms with Gasteiger partial charge in [0.25, 0.3) is 0 Å². The van der Waals surface area contributed by atoms with Crippen molar-refractivity contribution in [2.45, 2.75) is 89.1 Å². The molecule has 0 bridgehead atoms. The van der Waals surface area contributed by atoms with Crippen LogP contribution in [0.3, 0.4) is 0 Å². The van der Waals surface area contributed by atoms with Gasteiger partial charge in [-0.05, 0) is 105 Å². The van der Waals surface area contributed by atoms with Crippen LogP contribution < -0.4 is 9.47 Å². The fraction of sp³-hybridized carbons (Fsp3) is 0.542. The van der Waals surface area contributed by atoms with Crippen molar-refractivity contribution >= 4 is 34.2 Å². The molecule has 0 aromatic heterocycles. The van der Waals surface area contributed by atoms with E-state index in [2.05, 4.69) is 30.9 Å². The van der Waals surface area contributed by atoms with Crippen LogP contribution in [0.1, 0.15) is 77.2 Å². The average Bonchev–Trinajstić information content (AvgIpc) is 3.25. The molecule has 1 saturated carbocycles. The van der Waals surface area contributed by atoms with Crippen LogP contribution in [0.5, 0.6) is 17.2 Å². The molecule has 3 aromatic carbocycles. The predicted octanol–water partition coefficient (Wildman–Crippen LogP) is 8.75. The van der Waals surface area contributed by atoms with Gasteiger partial charge in [-0.1, -0.05) is 60.5 Å². The minimum Gasteiger partial charge on any atom is -0.459 e. The normalized spacial score (nSPS) is 23.7. The molecule has 0 saturated heterocycles. The molecule has 1 aliphatic heterocycles. The zero-order valence-corrected chi connectivity index (χ0v) is 36.6. The second kappa shape index (κ2) is 21.8. The zero-order valence-electron chi connectivity index (χ0n) is 35.8. The Kier molecular flexibility index (Phi) is 16.5. The van der Waals surface area contributed by atoms with Crippen molar-refractivity contribution in [2.24, 2.45) is 22.9 Å². The van der Waals surface area contributed by atoms with Crippen LogP contribution >= 0.6 is 11.6 Å².